The number of hydrogen-bond donors (Lipinski definition) is 0. The van der Waals surface area contributed by atoms with E-state index in [0.29, 0.717) is 17.9 Å². The van der Waals surface area contributed by atoms with Crippen LogP contribution in [0.5, 0.6) is 5.75 Å². The van der Waals surface area contributed by atoms with Crippen LogP contribution in [0.15, 0.2) is 24.3 Å². The normalized spacial score (nSPS) is 27.4. The second kappa shape index (κ2) is 7.04. The molecule has 1 saturated carbocycles. The van der Waals surface area contributed by atoms with Crippen molar-refractivity contribution in [3.63, 3.8) is 0 Å². The molecule has 126 valence electrons. The number of carbonyl (C=O) groups excluding carboxylic acids is 1. The molecule has 0 amide bonds. The highest BCUT2D eigenvalue weighted by molar-refractivity contribution is 5.76. The summed E-state index contributed by atoms with van der Waals surface area (Å²) in [4.78, 5) is 12.6. The number of esters is 1. The maximum atomic E-state index is 12.6. The number of carbonyl (C=O) groups is 1. The molecule has 2 heterocycles. The Kier molecular flexibility index (Phi) is 5.05. The van der Waals surface area contributed by atoms with Crippen molar-refractivity contribution in [3.05, 3.63) is 29.8 Å². The van der Waals surface area contributed by atoms with Gasteiger partial charge in [0.25, 0.3) is 0 Å². The van der Waals surface area contributed by atoms with Gasteiger partial charge in [0.05, 0.1) is 18.1 Å². The quantitative estimate of drug-likeness (QED) is 0.564. The van der Waals surface area contributed by atoms with E-state index < -0.39 is 0 Å². The third-order valence-electron chi connectivity index (χ3n) is 5.35. The summed E-state index contributed by atoms with van der Waals surface area (Å²) >= 11 is 0. The van der Waals surface area contributed by atoms with E-state index in [4.69, 9.17) is 9.47 Å². The van der Waals surface area contributed by atoms with Gasteiger partial charge in [-0.15, -0.1) is 0 Å². The van der Waals surface area contributed by atoms with Crippen LogP contribution in [0.3, 0.4) is 0 Å². The fourth-order valence-electron chi connectivity index (χ4n) is 3.98. The van der Waals surface area contributed by atoms with Crippen LogP contribution in [0.25, 0.3) is 0 Å². The number of fused-ring (bicyclic) bond motifs is 2. The minimum atomic E-state index is -0.111. The average Bonchev–Trinajstić information content (AvgIpc) is 2.52. The van der Waals surface area contributed by atoms with E-state index >= 15 is 0 Å². The van der Waals surface area contributed by atoms with Crippen LogP contribution >= 0.6 is 0 Å². The van der Waals surface area contributed by atoms with Gasteiger partial charge in [-0.05, 0) is 42.7 Å². The van der Waals surface area contributed by atoms with E-state index in [-0.39, 0.29) is 18.0 Å². The summed E-state index contributed by atoms with van der Waals surface area (Å²) < 4.78 is 11.5. The molecule has 1 aromatic carbocycles. The summed E-state index contributed by atoms with van der Waals surface area (Å²) in [6.45, 7) is 6.68. The van der Waals surface area contributed by atoms with Crippen LogP contribution < -0.4 is 4.74 Å². The van der Waals surface area contributed by atoms with Crippen molar-refractivity contribution in [2.75, 3.05) is 0 Å². The van der Waals surface area contributed by atoms with Crippen molar-refractivity contribution < 1.29 is 14.3 Å². The lowest BCUT2D eigenvalue weighted by Gasteiger charge is -2.45. The van der Waals surface area contributed by atoms with Gasteiger partial charge in [0.1, 0.15) is 5.75 Å². The number of rotatable bonds is 6. The predicted molar refractivity (Wildman–Crippen MR) is 90.6 cm³/mol. The molecule has 4 unspecified atom stereocenters. The highest BCUT2D eigenvalue weighted by atomic mass is 16.6. The highest BCUT2D eigenvalue weighted by Crippen LogP contribution is 2.40. The van der Waals surface area contributed by atoms with Crippen LogP contribution in [0.1, 0.15) is 64.4 Å². The molecule has 23 heavy (non-hydrogen) atoms. The first-order valence-corrected chi connectivity index (χ1v) is 9.06. The van der Waals surface area contributed by atoms with E-state index in [2.05, 4.69) is 26.8 Å². The highest BCUT2D eigenvalue weighted by Gasteiger charge is 2.45. The van der Waals surface area contributed by atoms with Crippen LogP contribution in [-0.4, -0.2) is 18.2 Å². The first-order chi connectivity index (χ1) is 11.1. The Morgan fingerprint density at radius 3 is 2.65 bits per heavy atom. The van der Waals surface area contributed by atoms with Gasteiger partial charge < -0.3 is 9.47 Å². The van der Waals surface area contributed by atoms with E-state index in [1.54, 1.807) is 0 Å². The number of hydrogen-bond acceptors (Lipinski definition) is 3. The number of ether oxygens (including phenoxy) is 2. The van der Waals surface area contributed by atoms with Crippen molar-refractivity contribution >= 4 is 5.97 Å². The van der Waals surface area contributed by atoms with Gasteiger partial charge in [-0.3, -0.25) is 4.79 Å². The topological polar surface area (TPSA) is 35.5 Å². The Balaban J connectivity index is 1.75. The van der Waals surface area contributed by atoms with Crippen LogP contribution in [0.4, 0.5) is 0 Å². The molecule has 3 aliphatic rings. The third kappa shape index (κ3) is 3.45. The molecule has 2 saturated heterocycles. The summed E-state index contributed by atoms with van der Waals surface area (Å²) in [6, 6.07) is 8.04. The summed E-state index contributed by atoms with van der Waals surface area (Å²) in [6.07, 6.45) is 5.64. The van der Waals surface area contributed by atoms with E-state index in [1.807, 2.05) is 18.2 Å². The molecule has 0 radical (unpaired) electrons. The molecule has 4 rings (SSSR count). The number of benzene rings is 1. The largest absolute Gasteiger partial charge is 0.426 e. The summed E-state index contributed by atoms with van der Waals surface area (Å²) in [5, 5.41) is 0. The molecule has 0 aromatic heterocycles. The lowest BCUT2D eigenvalue weighted by Crippen LogP contribution is -2.51. The predicted octanol–water partition coefficient (Wildman–Crippen LogP) is 4.70. The lowest BCUT2D eigenvalue weighted by molar-refractivity contribution is -0.196. The average molecular weight is 316 g/mol. The zero-order valence-electron chi connectivity index (χ0n) is 14.5. The Morgan fingerprint density at radius 1 is 1.30 bits per heavy atom. The van der Waals surface area contributed by atoms with Crippen molar-refractivity contribution in [1.29, 1.82) is 0 Å². The van der Waals surface area contributed by atoms with E-state index in [9.17, 15) is 4.79 Å². The number of para-hydroxylation sites is 1. The Morgan fingerprint density at radius 2 is 2.04 bits per heavy atom. The molecule has 3 fully saturated rings. The molecular formula is C20H28O3. The van der Waals surface area contributed by atoms with Crippen molar-refractivity contribution in [1.82, 2.24) is 0 Å². The first-order valence-electron chi connectivity index (χ1n) is 9.06. The van der Waals surface area contributed by atoms with Gasteiger partial charge in [0.2, 0.25) is 0 Å². The van der Waals surface area contributed by atoms with Gasteiger partial charge in [0.15, 0.2) is 0 Å². The van der Waals surface area contributed by atoms with Gasteiger partial charge in [0, 0.05) is 6.42 Å². The molecule has 0 spiro atoms. The lowest BCUT2D eigenvalue weighted by atomic mass is 9.80. The van der Waals surface area contributed by atoms with Crippen LogP contribution in [0, 0.1) is 11.8 Å². The Bertz CT molecular complexity index is 543. The molecule has 1 aliphatic carbocycles. The SMILES string of the molecule is CCCC(c1ccccc1OC(=O)C1CCC2CC1O2)C(C)C. The molecule has 3 heteroatoms. The van der Waals surface area contributed by atoms with Gasteiger partial charge in [-0.25, -0.2) is 0 Å². The fraction of sp³-hybridized carbons (Fsp3) is 0.650. The van der Waals surface area contributed by atoms with E-state index in [0.717, 1.165) is 37.9 Å². The Hall–Kier alpha value is -1.35. The molecular weight excluding hydrogens is 288 g/mol. The standard InChI is InChI=1S/C20H28O3/c1-4-7-15(13(2)3)16-8-5-6-9-18(16)23-20(21)17-11-10-14-12-19(17)22-14/h5-6,8-9,13-15,17,19H,4,7,10-12H2,1-3H3. The van der Waals surface area contributed by atoms with Gasteiger partial charge in [-0.2, -0.15) is 0 Å². The summed E-state index contributed by atoms with van der Waals surface area (Å²) in [5.41, 5.74) is 1.17. The third-order valence-corrected chi connectivity index (χ3v) is 5.35. The maximum Gasteiger partial charge on any atom is 0.316 e. The second-order valence-corrected chi connectivity index (χ2v) is 7.31. The van der Waals surface area contributed by atoms with Crippen LogP contribution in [0.2, 0.25) is 0 Å². The second-order valence-electron chi connectivity index (χ2n) is 7.31. The van der Waals surface area contributed by atoms with Crippen LogP contribution in [-0.2, 0) is 9.53 Å². The van der Waals surface area contributed by atoms with Gasteiger partial charge in [-0.1, -0.05) is 45.4 Å². The molecule has 4 atom stereocenters. The molecule has 2 bridgehead atoms. The summed E-state index contributed by atoms with van der Waals surface area (Å²) in [5.74, 6) is 1.50. The maximum absolute atomic E-state index is 12.6. The molecule has 2 aliphatic heterocycles. The summed E-state index contributed by atoms with van der Waals surface area (Å²) in [7, 11) is 0. The minimum Gasteiger partial charge on any atom is -0.426 e. The molecule has 1 aromatic rings. The minimum absolute atomic E-state index is 0.0864. The van der Waals surface area contributed by atoms with E-state index in [1.165, 1.54) is 5.56 Å². The fourth-order valence-corrected chi connectivity index (χ4v) is 3.98. The first kappa shape index (κ1) is 16.5. The Labute approximate surface area is 139 Å². The van der Waals surface area contributed by atoms with Gasteiger partial charge >= 0.3 is 5.97 Å². The monoisotopic (exact) mass is 316 g/mol. The van der Waals surface area contributed by atoms with Crippen molar-refractivity contribution in [3.8, 4) is 5.75 Å². The molecule has 0 N–H and O–H groups in total. The molecule has 3 nitrogen and oxygen atoms in total. The zero-order chi connectivity index (χ0) is 16.4. The van der Waals surface area contributed by atoms with Crippen molar-refractivity contribution in [2.24, 2.45) is 11.8 Å². The smallest absolute Gasteiger partial charge is 0.316 e. The zero-order valence-corrected chi connectivity index (χ0v) is 14.5. The van der Waals surface area contributed by atoms with Crippen molar-refractivity contribution in [2.45, 2.75) is 71.0 Å².